The van der Waals surface area contributed by atoms with Gasteiger partial charge in [0.1, 0.15) is 0 Å². The predicted octanol–water partition coefficient (Wildman–Crippen LogP) is 4.35. The van der Waals surface area contributed by atoms with Crippen LogP contribution in [-0.4, -0.2) is 5.91 Å². The Morgan fingerprint density at radius 3 is 2.09 bits per heavy atom. The fraction of sp³-hybridized carbons (Fsp3) is 0.300. The molecule has 0 spiro atoms. The van der Waals surface area contributed by atoms with Crippen LogP contribution >= 0.6 is 0 Å². The molecule has 23 heavy (non-hydrogen) atoms. The largest absolute Gasteiger partial charge is 0.346 e. The van der Waals surface area contributed by atoms with Gasteiger partial charge in [-0.3, -0.25) is 4.79 Å². The molecule has 2 aromatic rings. The van der Waals surface area contributed by atoms with Crippen LogP contribution in [0, 0.1) is 11.3 Å². The Labute approximate surface area is 138 Å². The first kappa shape index (κ1) is 16.8. The second kappa shape index (κ2) is 6.66. The van der Waals surface area contributed by atoms with Crippen molar-refractivity contribution in [3.05, 3.63) is 70.8 Å². The van der Waals surface area contributed by atoms with Crippen molar-refractivity contribution < 1.29 is 4.79 Å². The van der Waals surface area contributed by atoms with Crippen LogP contribution in [0.4, 0.5) is 0 Å². The number of rotatable bonds is 3. The van der Waals surface area contributed by atoms with E-state index in [-0.39, 0.29) is 17.4 Å². The van der Waals surface area contributed by atoms with Gasteiger partial charge in [-0.2, -0.15) is 5.26 Å². The molecule has 1 unspecified atom stereocenters. The molecule has 0 radical (unpaired) electrons. The maximum atomic E-state index is 12.3. The first-order chi connectivity index (χ1) is 10.8. The van der Waals surface area contributed by atoms with Crippen LogP contribution in [0.3, 0.4) is 0 Å². The van der Waals surface area contributed by atoms with Crippen molar-refractivity contribution in [2.24, 2.45) is 0 Å². The Morgan fingerprint density at radius 1 is 1.04 bits per heavy atom. The van der Waals surface area contributed by atoms with E-state index >= 15 is 0 Å². The molecule has 0 heterocycles. The van der Waals surface area contributed by atoms with Crippen LogP contribution in [0.5, 0.6) is 0 Å². The van der Waals surface area contributed by atoms with E-state index in [0.29, 0.717) is 11.1 Å². The number of carbonyl (C=O) groups is 1. The number of nitriles is 1. The number of nitrogens with one attached hydrogen (secondary N) is 1. The fourth-order valence-corrected chi connectivity index (χ4v) is 2.33. The number of amides is 1. The highest BCUT2D eigenvalue weighted by Gasteiger charge is 2.15. The summed E-state index contributed by atoms with van der Waals surface area (Å²) >= 11 is 0. The monoisotopic (exact) mass is 306 g/mol. The zero-order chi connectivity index (χ0) is 17.0. The highest BCUT2D eigenvalue weighted by molar-refractivity contribution is 5.94. The summed E-state index contributed by atoms with van der Waals surface area (Å²) in [5.41, 5.74) is 3.56. The molecule has 1 atom stereocenters. The molecule has 118 valence electrons. The van der Waals surface area contributed by atoms with Crippen molar-refractivity contribution in [3.8, 4) is 6.07 Å². The quantitative estimate of drug-likeness (QED) is 0.916. The highest BCUT2D eigenvalue weighted by atomic mass is 16.1. The average molecular weight is 306 g/mol. The smallest absolute Gasteiger partial charge is 0.251 e. The molecular formula is C20H22N2O. The van der Waals surface area contributed by atoms with Crippen molar-refractivity contribution in [1.29, 1.82) is 5.26 Å². The zero-order valence-corrected chi connectivity index (χ0v) is 14.1. The van der Waals surface area contributed by atoms with Gasteiger partial charge in [0.2, 0.25) is 0 Å². The predicted molar refractivity (Wildman–Crippen MR) is 92.2 cm³/mol. The maximum Gasteiger partial charge on any atom is 0.251 e. The van der Waals surface area contributed by atoms with Gasteiger partial charge in [0.25, 0.3) is 5.91 Å². The third-order valence-electron chi connectivity index (χ3n) is 3.90. The van der Waals surface area contributed by atoms with E-state index in [1.54, 1.807) is 24.3 Å². The van der Waals surface area contributed by atoms with Crippen LogP contribution in [0.15, 0.2) is 48.5 Å². The third-order valence-corrected chi connectivity index (χ3v) is 3.90. The summed E-state index contributed by atoms with van der Waals surface area (Å²) in [6, 6.07) is 17.0. The normalized spacial score (nSPS) is 12.3. The number of nitrogens with zero attached hydrogens (tertiary/aromatic N) is 1. The molecule has 2 rings (SSSR count). The van der Waals surface area contributed by atoms with Crippen molar-refractivity contribution in [2.75, 3.05) is 0 Å². The van der Waals surface area contributed by atoms with Crippen molar-refractivity contribution >= 4 is 5.91 Å². The standard InChI is InChI=1S/C20H22N2O/c1-14(16-9-11-18(12-10-16)20(2,3)4)22-19(23)17-7-5-15(13-21)6-8-17/h5-12,14H,1-4H3,(H,22,23). The minimum Gasteiger partial charge on any atom is -0.346 e. The molecule has 0 aromatic heterocycles. The lowest BCUT2D eigenvalue weighted by molar-refractivity contribution is 0.0940. The molecule has 0 aliphatic carbocycles. The summed E-state index contributed by atoms with van der Waals surface area (Å²) in [5.74, 6) is -0.137. The molecule has 0 bridgehead atoms. The van der Waals surface area contributed by atoms with E-state index in [9.17, 15) is 4.79 Å². The van der Waals surface area contributed by atoms with Gasteiger partial charge in [-0.15, -0.1) is 0 Å². The molecule has 1 N–H and O–H groups in total. The van der Waals surface area contributed by atoms with Crippen molar-refractivity contribution in [1.82, 2.24) is 5.32 Å². The van der Waals surface area contributed by atoms with E-state index in [0.717, 1.165) is 5.56 Å². The van der Waals surface area contributed by atoms with Gasteiger partial charge >= 0.3 is 0 Å². The average Bonchev–Trinajstić information content (AvgIpc) is 2.54. The third kappa shape index (κ3) is 4.20. The lowest BCUT2D eigenvalue weighted by Gasteiger charge is -2.20. The molecule has 3 nitrogen and oxygen atoms in total. The van der Waals surface area contributed by atoms with Crippen LogP contribution in [-0.2, 0) is 5.41 Å². The lowest BCUT2D eigenvalue weighted by atomic mass is 9.86. The van der Waals surface area contributed by atoms with E-state index < -0.39 is 0 Å². The fourth-order valence-electron chi connectivity index (χ4n) is 2.33. The second-order valence-corrected chi connectivity index (χ2v) is 6.76. The Morgan fingerprint density at radius 2 is 1.61 bits per heavy atom. The summed E-state index contributed by atoms with van der Waals surface area (Å²) in [7, 11) is 0. The lowest BCUT2D eigenvalue weighted by Crippen LogP contribution is -2.26. The van der Waals surface area contributed by atoms with E-state index in [1.165, 1.54) is 5.56 Å². The summed E-state index contributed by atoms with van der Waals surface area (Å²) in [4.78, 5) is 12.3. The van der Waals surface area contributed by atoms with Crippen LogP contribution in [0.2, 0.25) is 0 Å². The summed E-state index contributed by atoms with van der Waals surface area (Å²) in [6.07, 6.45) is 0. The van der Waals surface area contributed by atoms with Gasteiger partial charge in [-0.05, 0) is 47.7 Å². The van der Waals surface area contributed by atoms with Gasteiger partial charge in [0.15, 0.2) is 0 Å². The number of hydrogen-bond acceptors (Lipinski definition) is 2. The molecule has 2 aromatic carbocycles. The minimum atomic E-state index is -0.137. The van der Waals surface area contributed by atoms with E-state index in [2.05, 4.69) is 50.4 Å². The molecule has 3 heteroatoms. The number of hydrogen-bond donors (Lipinski definition) is 1. The van der Waals surface area contributed by atoms with Crippen LogP contribution < -0.4 is 5.32 Å². The first-order valence-electron chi connectivity index (χ1n) is 7.73. The second-order valence-electron chi connectivity index (χ2n) is 6.76. The molecule has 0 saturated carbocycles. The summed E-state index contributed by atoms with van der Waals surface area (Å²) in [5, 5.41) is 11.8. The summed E-state index contributed by atoms with van der Waals surface area (Å²) < 4.78 is 0. The Kier molecular flexibility index (Phi) is 4.86. The van der Waals surface area contributed by atoms with Crippen molar-refractivity contribution in [2.45, 2.75) is 39.2 Å². The Balaban J connectivity index is 2.07. The van der Waals surface area contributed by atoms with Gasteiger partial charge in [0, 0.05) is 5.56 Å². The molecule has 0 aliphatic heterocycles. The molecule has 1 amide bonds. The van der Waals surface area contributed by atoms with Gasteiger partial charge in [-0.25, -0.2) is 0 Å². The molecular weight excluding hydrogens is 284 g/mol. The van der Waals surface area contributed by atoms with E-state index in [1.807, 2.05) is 13.0 Å². The Bertz CT molecular complexity index is 716. The first-order valence-corrected chi connectivity index (χ1v) is 7.73. The topological polar surface area (TPSA) is 52.9 Å². The number of carbonyl (C=O) groups excluding carboxylic acids is 1. The van der Waals surface area contributed by atoms with E-state index in [4.69, 9.17) is 5.26 Å². The van der Waals surface area contributed by atoms with Gasteiger partial charge < -0.3 is 5.32 Å². The maximum absolute atomic E-state index is 12.3. The van der Waals surface area contributed by atoms with Gasteiger partial charge in [-0.1, -0.05) is 45.0 Å². The molecule has 0 saturated heterocycles. The SMILES string of the molecule is CC(NC(=O)c1ccc(C#N)cc1)c1ccc(C(C)(C)C)cc1. The zero-order valence-electron chi connectivity index (χ0n) is 14.1. The minimum absolute atomic E-state index is 0.0767. The van der Waals surface area contributed by atoms with Crippen LogP contribution in [0.25, 0.3) is 0 Å². The highest BCUT2D eigenvalue weighted by Crippen LogP contribution is 2.24. The Hall–Kier alpha value is -2.60. The summed E-state index contributed by atoms with van der Waals surface area (Å²) in [6.45, 7) is 8.50. The van der Waals surface area contributed by atoms with Gasteiger partial charge in [0.05, 0.1) is 17.7 Å². The van der Waals surface area contributed by atoms with Crippen molar-refractivity contribution in [3.63, 3.8) is 0 Å². The molecule has 0 fully saturated rings. The number of benzene rings is 2. The molecule has 0 aliphatic rings. The van der Waals surface area contributed by atoms with Crippen LogP contribution in [0.1, 0.15) is 60.8 Å².